The van der Waals surface area contributed by atoms with Gasteiger partial charge < -0.3 is 21.1 Å². The molecule has 0 aliphatic heterocycles. The molecule has 6 heteroatoms. The van der Waals surface area contributed by atoms with Gasteiger partial charge in [0.1, 0.15) is 0 Å². The molecule has 160 valence electrons. The number of aliphatic carboxylic acids is 1. The molecule has 0 radical (unpaired) electrons. The lowest BCUT2D eigenvalue weighted by Gasteiger charge is -2.18. The third kappa shape index (κ3) is 14.3. The fraction of sp³-hybridized carbons (Fsp3) is 0.636. The number of carbonyl (C=O) groups is 2. The molecule has 6 nitrogen and oxygen atoms in total. The highest BCUT2D eigenvalue weighted by atomic mass is 16.4. The fourth-order valence-corrected chi connectivity index (χ4v) is 2.69. The van der Waals surface area contributed by atoms with Crippen LogP contribution in [0.5, 0.6) is 0 Å². The Bertz CT molecular complexity index is 513. The molecule has 5 N–H and O–H groups in total. The Kier molecular flexibility index (Phi) is 16.3. The number of hydrogen-bond donors (Lipinski definition) is 4. The minimum Gasteiger partial charge on any atom is -0.481 e. The Labute approximate surface area is 168 Å². The fourth-order valence-electron chi connectivity index (χ4n) is 2.69. The molecule has 28 heavy (non-hydrogen) atoms. The number of allylic oxidation sites excluding steroid dienone is 3. The van der Waals surface area contributed by atoms with Gasteiger partial charge in [-0.2, -0.15) is 0 Å². The molecule has 0 aromatic carbocycles. The van der Waals surface area contributed by atoms with E-state index in [0.29, 0.717) is 25.7 Å². The summed E-state index contributed by atoms with van der Waals surface area (Å²) >= 11 is 0. The molecule has 0 aliphatic carbocycles. The number of ketones is 1. The van der Waals surface area contributed by atoms with Crippen molar-refractivity contribution in [2.24, 2.45) is 11.7 Å². The predicted molar refractivity (Wildman–Crippen MR) is 112 cm³/mol. The molecule has 3 unspecified atom stereocenters. The van der Waals surface area contributed by atoms with Gasteiger partial charge in [-0.25, -0.2) is 0 Å². The first-order valence-corrected chi connectivity index (χ1v) is 10.2. The highest BCUT2D eigenvalue weighted by Gasteiger charge is 2.22. The van der Waals surface area contributed by atoms with E-state index in [1.165, 1.54) is 0 Å². The first-order chi connectivity index (χ1) is 13.4. The minimum atomic E-state index is -0.779. The number of unbranched alkanes of at least 4 members (excludes halogenated alkanes) is 3. The van der Waals surface area contributed by atoms with Crippen molar-refractivity contribution in [2.75, 3.05) is 6.54 Å². The Balaban J connectivity index is 4.30. The van der Waals surface area contributed by atoms with Crippen LogP contribution in [0.1, 0.15) is 64.7 Å². The van der Waals surface area contributed by atoms with E-state index >= 15 is 0 Å². The van der Waals surface area contributed by atoms with E-state index in [1.54, 1.807) is 12.2 Å². The van der Waals surface area contributed by atoms with E-state index in [4.69, 9.17) is 10.8 Å². The molecule has 0 aromatic heterocycles. The second-order valence-corrected chi connectivity index (χ2v) is 6.91. The maximum absolute atomic E-state index is 12.0. The number of carboxylic acid groups (broad SMARTS) is 1. The van der Waals surface area contributed by atoms with Crippen molar-refractivity contribution in [1.29, 1.82) is 0 Å². The van der Waals surface area contributed by atoms with E-state index in [0.717, 1.165) is 25.7 Å². The van der Waals surface area contributed by atoms with Crippen LogP contribution in [-0.4, -0.2) is 45.8 Å². The largest absolute Gasteiger partial charge is 0.481 e. The molecule has 0 aliphatic rings. The zero-order valence-electron chi connectivity index (χ0n) is 17.0. The van der Waals surface area contributed by atoms with E-state index < -0.39 is 24.1 Å². The molecule has 0 spiro atoms. The van der Waals surface area contributed by atoms with E-state index in [1.807, 2.05) is 24.3 Å². The maximum Gasteiger partial charge on any atom is 0.303 e. The van der Waals surface area contributed by atoms with Gasteiger partial charge >= 0.3 is 5.97 Å². The summed E-state index contributed by atoms with van der Waals surface area (Å²) in [5.74, 6) is -1.68. The normalized spacial score (nSPS) is 15.4. The summed E-state index contributed by atoms with van der Waals surface area (Å²) < 4.78 is 0. The third-order valence-electron chi connectivity index (χ3n) is 4.38. The molecule has 0 heterocycles. The summed E-state index contributed by atoms with van der Waals surface area (Å²) in [6.07, 6.45) is 15.4. The van der Waals surface area contributed by atoms with Gasteiger partial charge in [0.15, 0.2) is 5.78 Å². The van der Waals surface area contributed by atoms with E-state index in [-0.39, 0.29) is 18.7 Å². The quantitative estimate of drug-likeness (QED) is 0.222. The van der Waals surface area contributed by atoms with Crippen molar-refractivity contribution in [2.45, 2.75) is 76.9 Å². The molecular weight excluding hydrogens is 358 g/mol. The van der Waals surface area contributed by atoms with Crippen LogP contribution >= 0.6 is 0 Å². The lowest BCUT2D eigenvalue weighted by molar-refractivity contribution is -0.137. The van der Waals surface area contributed by atoms with Crippen LogP contribution in [-0.2, 0) is 9.59 Å². The van der Waals surface area contributed by atoms with Gasteiger partial charge in [0.2, 0.25) is 0 Å². The summed E-state index contributed by atoms with van der Waals surface area (Å²) in [5, 5.41) is 28.8. The van der Waals surface area contributed by atoms with Crippen molar-refractivity contribution >= 4 is 11.8 Å². The molecule has 0 rings (SSSR count). The van der Waals surface area contributed by atoms with Gasteiger partial charge in [0, 0.05) is 6.42 Å². The number of hydrogen-bond acceptors (Lipinski definition) is 5. The average molecular weight is 396 g/mol. The monoisotopic (exact) mass is 395 g/mol. The molecular formula is C22H37NO5. The number of aliphatic hydroxyl groups excluding tert-OH is 2. The SMILES string of the molecule is CCCCCC(O)C(C=CC(O)CC=CCC=CCCCC(=O)O)C(=O)CN. The molecule has 0 aromatic rings. The molecule has 3 atom stereocenters. The Morgan fingerprint density at radius 3 is 2.36 bits per heavy atom. The van der Waals surface area contributed by atoms with Gasteiger partial charge in [0.25, 0.3) is 0 Å². The Morgan fingerprint density at radius 1 is 1.00 bits per heavy atom. The summed E-state index contributed by atoms with van der Waals surface area (Å²) in [7, 11) is 0. The van der Waals surface area contributed by atoms with Crippen molar-refractivity contribution in [3.8, 4) is 0 Å². The van der Waals surface area contributed by atoms with Crippen molar-refractivity contribution < 1.29 is 24.9 Å². The van der Waals surface area contributed by atoms with Crippen LogP contribution < -0.4 is 5.73 Å². The number of carbonyl (C=O) groups excluding carboxylic acids is 1. The summed E-state index contributed by atoms with van der Waals surface area (Å²) in [6.45, 7) is 1.95. The molecule has 0 bridgehead atoms. The van der Waals surface area contributed by atoms with E-state index in [9.17, 15) is 19.8 Å². The number of Topliss-reactive ketones (excluding diaryl/α,β-unsaturated/α-hetero) is 1. The van der Waals surface area contributed by atoms with Gasteiger partial charge in [-0.05, 0) is 32.1 Å². The van der Waals surface area contributed by atoms with Crippen LogP contribution in [0.25, 0.3) is 0 Å². The number of rotatable bonds is 17. The molecule has 0 fully saturated rings. The second-order valence-electron chi connectivity index (χ2n) is 6.91. The van der Waals surface area contributed by atoms with Crippen LogP contribution in [0.4, 0.5) is 0 Å². The van der Waals surface area contributed by atoms with Gasteiger partial charge in [-0.15, -0.1) is 0 Å². The number of carboxylic acids is 1. The van der Waals surface area contributed by atoms with Crippen LogP contribution in [0, 0.1) is 5.92 Å². The zero-order valence-corrected chi connectivity index (χ0v) is 17.0. The lowest BCUT2D eigenvalue weighted by Crippen LogP contribution is -2.31. The Hall–Kier alpha value is -1.76. The molecule has 0 amide bonds. The number of nitrogens with two attached hydrogens (primary N) is 1. The van der Waals surface area contributed by atoms with E-state index in [2.05, 4.69) is 6.92 Å². The van der Waals surface area contributed by atoms with Gasteiger partial charge in [-0.3, -0.25) is 9.59 Å². The number of aliphatic hydroxyl groups is 2. The predicted octanol–water partition coefficient (Wildman–Crippen LogP) is 3.14. The maximum atomic E-state index is 12.0. The van der Waals surface area contributed by atoms with Crippen LogP contribution in [0.15, 0.2) is 36.5 Å². The summed E-state index contributed by atoms with van der Waals surface area (Å²) in [4.78, 5) is 22.4. The van der Waals surface area contributed by atoms with Crippen LogP contribution in [0.2, 0.25) is 0 Å². The molecule has 0 saturated heterocycles. The second kappa shape index (κ2) is 17.3. The van der Waals surface area contributed by atoms with Gasteiger partial charge in [0.05, 0.1) is 24.7 Å². The highest BCUT2D eigenvalue weighted by molar-refractivity contribution is 5.84. The minimum absolute atomic E-state index is 0.130. The average Bonchev–Trinajstić information content (AvgIpc) is 2.66. The van der Waals surface area contributed by atoms with Crippen molar-refractivity contribution in [3.63, 3.8) is 0 Å². The van der Waals surface area contributed by atoms with Crippen molar-refractivity contribution in [1.82, 2.24) is 0 Å². The smallest absolute Gasteiger partial charge is 0.303 e. The highest BCUT2D eigenvalue weighted by Crippen LogP contribution is 2.15. The van der Waals surface area contributed by atoms with Crippen LogP contribution in [0.3, 0.4) is 0 Å². The topological polar surface area (TPSA) is 121 Å². The molecule has 0 saturated carbocycles. The first-order valence-electron chi connectivity index (χ1n) is 10.2. The first kappa shape index (κ1) is 26.2. The third-order valence-corrected chi connectivity index (χ3v) is 4.38. The zero-order chi connectivity index (χ0) is 21.2. The van der Waals surface area contributed by atoms with Gasteiger partial charge in [-0.1, -0.05) is 62.6 Å². The summed E-state index contributed by atoms with van der Waals surface area (Å²) in [5.41, 5.74) is 5.44. The summed E-state index contributed by atoms with van der Waals surface area (Å²) in [6, 6.07) is 0. The lowest BCUT2D eigenvalue weighted by atomic mass is 9.92. The standard InChI is InChI=1S/C22H37NO5/c1-2-3-9-13-20(25)19(21(26)17-23)16-15-18(24)12-10-7-5-4-6-8-11-14-22(27)28/h4,6-7,10,15-16,18-20,24-25H,2-3,5,8-9,11-14,17,23H2,1H3,(H,27,28). The van der Waals surface area contributed by atoms with Crippen molar-refractivity contribution in [3.05, 3.63) is 36.5 Å². The Morgan fingerprint density at radius 2 is 1.71 bits per heavy atom.